The van der Waals surface area contributed by atoms with Crippen molar-refractivity contribution in [3.63, 3.8) is 0 Å². The highest BCUT2D eigenvalue weighted by molar-refractivity contribution is 5.71. The average Bonchev–Trinajstić information content (AvgIpc) is 3.25. The first-order valence-corrected chi connectivity index (χ1v) is 9.92. The van der Waals surface area contributed by atoms with Crippen molar-refractivity contribution < 1.29 is 9.90 Å². The number of nitrogens with zero attached hydrogens (tertiary/aromatic N) is 4. The quantitative estimate of drug-likeness (QED) is 0.452. The number of H-pyrrole nitrogens is 1. The van der Waals surface area contributed by atoms with Gasteiger partial charge in [0.05, 0.1) is 12.3 Å². The molecular weight excluding hydrogens is 356 g/mol. The van der Waals surface area contributed by atoms with Gasteiger partial charge in [-0.3, -0.25) is 10.2 Å². The number of aliphatic carboxylic acids is 1. The van der Waals surface area contributed by atoms with Gasteiger partial charge < -0.3 is 10.0 Å². The zero-order valence-electron chi connectivity index (χ0n) is 16.2. The molecule has 0 aliphatic carbocycles. The smallest absolute Gasteiger partial charge is 0.307 e. The number of aromatic nitrogens is 4. The third-order valence-corrected chi connectivity index (χ3v) is 5.71. The molecule has 1 saturated heterocycles. The molecule has 0 amide bonds. The van der Waals surface area contributed by atoms with Gasteiger partial charge in [-0.2, -0.15) is 5.21 Å². The van der Waals surface area contributed by atoms with E-state index in [2.05, 4.69) is 44.9 Å². The Morgan fingerprint density at radius 3 is 2.61 bits per heavy atom. The minimum Gasteiger partial charge on any atom is -0.481 e. The molecular formula is C20H28N6O2. The molecule has 0 saturated carbocycles. The number of carboxylic acids is 1. The number of piperidine rings is 1. The molecule has 8 nitrogen and oxygen atoms in total. The van der Waals surface area contributed by atoms with E-state index in [1.54, 1.807) is 0 Å². The molecule has 3 N–H and O–H groups in total. The number of aromatic amines is 1. The van der Waals surface area contributed by atoms with Gasteiger partial charge in [-0.25, -0.2) is 0 Å². The molecule has 0 radical (unpaired) electrons. The van der Waals surface area contributed by atoms with Crippen LogP contribution >= 0.6 is 0 Å². The molecule has 1 fully saturated rings. The van der Waals surface area contributed by atoms with Crippen LogP contribution in [0, 0.1) is 11.3 Å². The van der Waals surface area contributed by atoms with Crippen molar-refractivity contribution in [3.05, 3.63) is 41.2 Å². The summed E-state index contributed by atoms with van der Waals surface area (Å²) in [5, 5.41) is 31.3. The molecule has 1 aliphatic heterocycles. The lowest BCUT2D eigenvalue weighted by Gasteiger charge is -2.30. The molecule has 150 valence electrons. The van der Waals surface area contributed by atoms with Crippen molar-refractivity contribution in [3.8, 4) is 0 Å². The number of benzene rings is 1. The monoisotopic (exact) mass is 384 g/mol. The Morgan fingerprint density at radius 1 is 1.36 bits per heavy atom. The summed E-state index contributed by atoms with van der Waals surface area (Å²) >= 11 is 0. The first kappa shape index (κ1) is 20.0. The lowest BCUT2D eigenvalue weighted by Crippen LogP contribution is -2.31. The molecule has 1 aliphatic rings. The van der Waals surface area contributed by atoms with E-state index in [1.807, 2.05) is 11.8 Å². The Balaban J connectivity index is 1.72. The van der Waals surface area contributed by atoms with Gasteiger partial charge in [0.2, 0.25) is 0 Å². The maximum Gasteiger partial charge on any atom is 0.307 e. The van der Waals surface area contributed by atoms with E-state index in [0.717, 1.165) is 37.9 Å². The van der Waals surface area contributed by atoms with Crippen LogP contribution in [-0.4, -0.2) is 56.0 Å². The van der Waals surface area contributed by atoms with E-state index < -0.39 is 11.9 Å². The molecule has 2 atom stereocenters. The second-order valence-electron chi connectivity index (χ2n) is 7.49. The van der Waals surface area contributed by atoms with Crippen LogP contribution < -0.4 is 0 Å². The molecule has 1 aromatic carbocycles. The number of tetrazole rings is 1. The fraction of sp³-hybridized carbons (Fsp3) is 0.550. The number of hydrogen-bond donors (Lipinski definition) is 3. The molecule has 3 rings (SSSR count). The van der Waals surface area contributed by atoms with Gasteiger partial charge in [0.15, 0.2) is 5.82 Å². The van der Waals surface area contributed by atoms with Crippen molar-refractivity contribution >= 4 is 12.3 Å². The molecule has 2 aromatic rings. The summed E-state index contributed by atoms with van der Waals surface area (Å²) in [5.74, 6) is -0.675. The number of rotatable bonds is 9. The summed E-state index contributed by atoms with van der Waals surface area (Å²) in [6.07, 6.45) is 5.47. The summed E-state index contributed by atoms with van der Waals surface area (Å²) in [7, 11) is 0. The summed E-state index contributed by atoms with van der Waals surface area (Å²) in [6.45, 7) is 3.84. The number of carboxylic acid groups (broad SMARTS) is 1. The van der Waals surface area contributed by atoms with E-state index in [9.17, 15) is 9.90 Å². The number of hydrogen-bond acceptors (Lipinski definition) is 5. The molecule has 28 heavy (non-hydrogen) atoms. The van der Waals surface area contributed by atoms with Crippen LogP contribution in [0.5, 0.6) is 0 Å². The van der Waals surface area contributed by atoms with Crippen LogP contribution in [0.15, 0.2) is 24.3 Å². The van der Waals surface area contributed by atoms with Gasteiger partial charge >= 0.3 is 5.97 Å². The molecule has 0 bridgehead atoms. The zero-order valence-corrected chi connectivity index (χ0v) is 16.2. The highest BCUT2D eigenvalue weighted by atomic mass is 16.4. The Morgan fingerprint density at radius 2 is 2.07 bits per heavy atom. The van der Waals surface area contributed by atoms with Gasteiger partial charge in [0.25, 0.3) is 0 Å². The SMILES string of the molecule is CCCC(C(=O)O)C(Cc1ccc(C2CCN(C=N)CC2)cc1)c1nn[nH]n1. The van der Waals surface area contributed by atoms with Crippen molar-refractivity contribution in [2.75, 3.05) is 13.1 Å². The maximum atomic E-state index is 11.8. The van der Waals surface area contributed by atoms with Gasteiger partial charge in [0, 0.05) is 19.0 Å². The first-order valence-electron chi connectivity index (χ1n) is 9.92. The predicted octanol–water partition coefficient (Wildman–Crippen LogP) is 2.81. The highest BCUT2D eigenvalue weighted by Crippen LogP contribution is 2.31. The summed E-state index contributed by atoms with van der Waals surface area (Å²) < 4.78 is 0. The largest absolute Gasteiger partial charge is 0.481 e. The third kappa shape index (κ3) is 4.74. The van der Waals surface area contributed by atoms with Crippen molar-refractivity contribution in [2.24, 2.45) is 5.92 Å². The topological polar surface area (TPSA) is 119 Å². The second-order valence-corrected chi connectivity index (χ2v) is 7.49. The average molecular weight is 384 g/mol. The first-order chi connectivity index (χ1) is 13.6. The van der Waals surface area contributed by atoms with E-state index in [0.29, 0.717) is 24.6 Å². The lowest BCUT2D eigenvalue weighted by atomic mass is 9.82. The maximum absolute atomic E-state index is 11.8. The highest BCUT2D eigenvalue weighted by Gasteiger charge is 2.32. The van der Waals surface area contributed by atoms with E-state index in [-0.39, 0.29) is 5.92 Å². The van der Waals surface area contributed by atoms with Crippen LogP contribution in [0.1, 0.15) is 61.4 Å². The van der Waals surface area contributed by atoms with E-state index >= 15 is 0 Å². The fourth-order valence-corrected chi connectivity index (χ4v) is 4.09. The minimum absolute atomic E-state index is 0.308. The molecule has 8 heteroatoms. The van der Waals surface area contributed by atoms with Crippen LogP contribution in [0.2, 0.25) is 0 Å². The fourth-order valence-electron chi connectivity index (χ4n) is 4.09. The minimum atomic E-state index is -0.814. The Bertz CT molecular complexity index is 754. The number of likely N-dealkylation sites (tertiary alicyclic amines) is 1. The number of nitrogens with one attached hydrogen (secondary N) is 2. The lowest BCUT2D eigenvalue weighted by molar-refractivity contribution is -0.142. The third-order valence-electron chi connectivity index (χ3n) is 5.71. The number of carbonyl (C=O) groups is 1. The van der Waals surface area contributed by atoms with Crippen LogP contribution in [0.4, 0.5) is 0 Å². The van der Waals surface area contributed by atoms with Gasteiger partial charge in [-0.15, -0.1) is 10.2 Å². The standard InChI is InChI=1S/C20H28N6O2/c1-2-3-17(20(27)28)18(19-22-24-25-23-19)12-14-4-6-15(7-5-14)16-8-10-26(13-21)11-9-16/h4-7,13,16-18,21H,2-3,8-12H2,1H3,(H,27,28)(H,22,23,24,25). The van der Waals surface area contributed by atoms with Crippen LogP contribution in [-0.2, 0) is 11.2 Å². The normalized spacial score (nSPS) is 17.2. The Labute approximate surface area is 164 Å². The van der Waals surface area contributed by atoms with Gasteiger partial charge in [0.1, 0.15) is 0 Å². The van der Waals surface area contributed by atoms with E-state index in [1.165, 1.54) is 11.9 Å². The molecule has 0 spiro atoms. The Hall–Kier alpha value is -2.77. The predicted molar refractivity (Wildman–Crippen MR) is 105 cm³/mol. The van der Waals surface area contributed by atoms with E-state index in [4.69, 9.17) is 5.41 Å². The zero-order chi connectivity index (χ0) is 19.9. The Kier molecular flexibility index (Phi) is 6.73. The summed E-state index contributed by atoms with van der Waals surface area (Å²) in [4.78, 5) is 13.9. The molecule has 2 unspecified atom stereocenters. The van der Waals surface area contributed by atoms with Crippen LogP contribution in [0.25, 0.3) is 0 Å². The van der Waals surface area contributed by atoms with Gasteiger partial charge in [-0.05, 0) is 42.7 Å². The second kappa shape index (κ2) is 9.43. The van der Waals surface area contributed by atoms with Crippen molar-refractivity contribution in [1.29, 1.82) is 5.41 Å². The molecule has 2 heterocycles. The van der Waals surface area contributed by atoms with Crippen molar-refractivity contribution in [1.82, 2.24) is 25.5 Å². The van der Waals surface area contributed by atoms with Crippen LogP contribution in [0.3, 0.4) is 0 Å². The van der Waals surface area contributed by atoms with Gasteiger partial charge in [-0.1, -0.05) is 42.8 Å². The molecule has 1 aromatic heterocycles. The summed E-state index contributed by atoms with van der Waals surface area (Å²) in [5.41, 5.74) is 2.39. The summed E-state index contributed by atoms with van der Waals surface area (Å²) in [6, 6.07) is 8.50. The van der Waals surface area contributed by atoms with Crippen molar-refractivity contribution in [2.45, 2.75) is 50.9 Å².